The molecule has 0 unspecified atom stereocenters. The smallest absolute Gasteiger partial charge is 0.330 e. The molecule has 5 aliphatic heterocycles. The van der Waals surface area contributed by atoms with E-state index in [4.69, 9.17) is 28.4 Å². The number of carbonyl (C=O) groups excluding carboxylic acids is 1. The van der Waals surface area contributed by atoms with Crippen LogP contribution >= 0.6 is 0 Å². The number of aliphatic hydroxyl groups excluding tert-OH is 4. The molecule has 0 aromatic heterocycles. The van der Waals surface area contributed by atoms with Crippen LogP contribution in [-0.4, -0.2) is 156 Å². The number of aliphatic hydroxyl groups is 7. The molecule has 0 amide bonds. The van der Waals surface area contributed by atoms with Gasteiger partial charge in [-0.1, -0.05) is 45.8 Å². The molecule has 5 aliphatic rings. The number of carbonyl (C=O) groups is 1. The molecular formula is C49H85NO14. The van der Waals surface area contributed by atoms with Gasteiger partial charge in [-0.05, 0) is 119 Å². The lowest BCUT2D eigenvalue weighted by atomic mass is 9.79. The van der Waals surface area contributed by atoms with Gasteiger partial charge in [-0.15, -0.1) is 0 Å². The zero-order chi connectivity index (χ0) is 47.4. The van der Waals surface area contributed by atoms with Crippen molar-refractivity contribution in [2.75, 3.05) is 14.1 Å². The number of rotatable bonds is 6. The Kier molecular flexibility index (Phi) is 18.2. The fourth-order valence-electron chi connectivity index (χ4n) is 10.9. The molecule has 0 aliphatic carbocycles. The predicted octanol–water partition coefficient (Wildman–Crippen LogP) is 4.78. The fourth-order valence-corrected chi connectivity index (χ4v) is 10.9. The zero-order valence-electron chi connectivity index (χ0n) is 40.4. The van der Waals surface area contributed by atoms with Crippen LogP contribution in [-0.2, 0) is 33.2 Å². The predicted molar refractivity (Wildman–Crippen MR) is 239 cm³/mol. The molecule has 15 heteroatoms. The van der Waals surface area contributed by atoms with Gasteiger partial charge in [0.15, 0.2) is 17.9 Å². The van der Waals surface area contributed by atoms with Crippen LogP contribution in [0.2, 0.25) is 0 Å². The molecule has 0 radical (unpaired) electrons. The molecule has 5 rings (SSSR count). The Morgan fingerprint density at radius 1 is 0.859 bits per heavy atom. The highest BCUT2D eigenvalue weighted by molar-refractivity contribution is 5.82. The van der Waals surface area contributed by atoms with Crippen LogP contribution in [0.5, 0.6) is 0 Å². The van der Waals surface area contributed by atoms with E-state index in [1.807, 2.05) is 54.8 Å². The molecule has 7 N–H and O–H groups in total. The molecule has 2 bridgehead atoms. The maximum atomic E-state index is 13.8. The highest BCUT2D eigenvalue weighted by Crippen LogP contribution is 2.49. The van der Waals surface area contributed by atoms with Gasteiger partial charge in [0.2, 0.25) is 0 Å². The number of ether oxygens (including phenoxy) is 6. The lowest BCUT2D eigenvalue weighted by Crippen LogP contribution is -2.58. The van der Waals surface area contributed by atoms with E-state index in [0.29, 0.717) is 44.9 Å². The van der Waals surface area contributed by atoms with E-state index in [0.717, 1.165) is 44.3 Å². The van der Waals surface area contributed by atoms with Gasteiger partial charge in [0.05, 0.1) is 47.8 Å². The molecule has 0 aromatic carbocycles. The number of esters is 1. The largest absolute Gasteiger partial charge is 0.459 e. The van der Waals surface area contributed by atoms with Crippen LogP contribution < -0.4 is 0 Å². The molecule has 15 nitrogen and oxygen atoms in total. The standard InChI is InChI=1S/C49H85NO14/c1-11-34(51)26-35-19-17-24-48(62-35)28-37-30(2)38(63-48)29-49(58)33(27-45(5,6)64-49)18-15-13-12-14-16-23-46(7,56)44(55)42(61-40-21-20-36(50(9)10)32(4)59-40)41(53)31(3)43(54)47(8,57)25-22-39(52)60-37/h15,18,22,25,30-38,40-44,51,53-58H,11-14,16-17,19-21,23-24,26-29H2,1-10H3/t30-,31+,32-,33+,34+,35+,36-,37-,38-,40-,41+,42-,43-,44+,46+,47+,48+,49-/m0/s1. The monoisotopic (exact) mass is 912 g/mol. The van der Waals surface area contributed by atoms with Crippen molar-refractivity contribution in [1.82, 2.24) is 4.90 Å². The summed E-state index contributed by atoms with van der Waals surface area (Å²) < 4.78 is 38.7. The Morgan fingerprint density at radius 2 is 1.58 bits per heavy atom. The summed E-state index contributed by atoms with van der Waals surface area (Å²) in [7, 11) is 3.94. The third-order valence-corrected chi connectivity index (χ3v) is 15.0. The highest BCUT2D eigenvalue weighted by Gasteiger charge is 2.56. The second-order valence-electron chi connectivity index (χ2n) is 21.4. The summed E-state index contributed by atoms with van der Waals surface area (Å²) in [6.45, 7) is 14.0. The van der Waals surface area contributed by atoms with Crippen LogP contribution in [0.1, 0.15) is 152 Å². The van der Waals surface area contributed by atoms with Gasteiger partial charge in [0, 0.05) is 49.1 Å². The lowest BCUT2D eigenvalue weighted by molar-refractivity contribution is -0.352. The topological polar surface area (TPSA) is 217 Å². The van der Waals surface area contributed by atoms with Crippen LogP contribution in [0.15, 0.2) is 24.3 Å². The highest BCUT2D eigenvalue weighted by atomic mass is 16.7. The van der Waals surface area contributed by atoms with Crippen molar-refractivity contribution in [2.45, 2.75) is 247 Å². The lowest BCUT2D eigenvalue weighted by Gasteiger charge is -2.51. The van der Waals surface area contributed by atoms with E-state index in [1.54, 1.807) is 0 Å². The third-order valence-electron chi connectivity index (χ3n) is 15.0. The van der Waals surface area contributed by atoms with Crippen molar-refractivity contribution < 1.29 is 69.0 Å². The molecule has 4 saturated heterocycles. The first kappa shape index (κ1) is 53.4. The minimum Gasteiger partial charge on any atom is -0.459 e. The summed E-state index contributed by atoms with van der Waals surface area (Å²) in [5.41, 5.74) is -4.43. The van der Waals surface area contributed by atoms with Crippen molar-refractivity contribution in [1.29, 1.82) is 0 Å². The molecule has 18 atom stereocenters. The molecule has 4 fully saturated rings. The van der Waals surface area contributed by atoms with E-state index < -0.39 is 95.2 Å². The van der Waals surface area contributed by atoms with Gasteiger partial charge in [-0.3, -0.25) is 0 Å². The summed E-state index contributed by atoms with van der Waals surface area (Å²) in [5, 5.41) is 81.8. The Morgan fingerprint density at radius 3 is 2.25 bits per heavy atom. The Balaban J connectivity index is 1.45. The van der Waals surface area contributed by atoms with E-state index >= 15 is 0 Å². The van der Waals surface area contributed by atoms with Gasteiger partial charge >= 0.3 is 5.97 Å². The van der Waals surface area contributed by atoms with Crippen LogP contribution in [0, 0.1) is 17.8 Å². The number of hydrogen-bond acceptors (Lipinski definition) is 15. The van der Waals surface area contributed by atoms with Crippen molar-refractivity contribution in [2.24, 2.45) is 17.8 Å². The maximum absolute atomic E-state index is 13.8. The zero-order valence-corrected chi connectivity index (χ0v) is 40.4. The maximum Gasteiger partial charge on any atom is 0.330 e. The van der Waals surface area contributed by atoms with Gasteiger partial charge < -0.3 is 69.1 Å². The summed E-state index contributed by atoms with van der Waals surface area (Å²) >= 11 is 0. The van der Waals surface area contributed by atoms with E-state index in [1.165, 1.54) is 20.8 Å². The Labute approximate surface area is 382 Å². The average Bonchev–Trinajstić information content (AvgIpc) is 3.45. The quantitative estimate of drug-likeness (QED) is 0.141. The number of allylic oxidation sites excluding steroid dienone is 1. The molecule has 370 valence electrons. The number of likely N-dealkylation sites (N-methyl/N-ethyl adjacent to an activating group) is 1. The minimum atomic E-state index is -2.08. The molecule has 64 heavy (non-hydrogen) atoms. The van der Waals surface area contributed by atoms with Crippen molar-refractivity contribution in [3.63, 3.8) is 0 Å². The van der Waals surface area contributed by atoms with E-state index in [2.05, 4.69) is 11.0 Å². The summed E-state index contributed by atoms with van der Waals surface area (Å²) in [5.74, 6) is -5.49. The first-order chi connectivity index (χ1) is 29.8. The first-order valence-corrected chi connectivity index (χ1v) is 24.3. The van der Waals surface area contributed by atoms with Gasteiger partial charge in [-0.2, -0.15) is 0 Å². The van der Waals surface area contributed by atoms with Crippen molar-refractivity contribution >= 4 is 5.97 Å². The summed E-state index contributed by atoms with van der Waals surface area (Å²) in [4.78, 5) is 15.8. The minimum absolute atomic E-state index is 0.0790. The van der Waals surface area contributed by atoms with Crippen LogP contribution in [0.4, 0.5) is 0 Å². The van der Waals surface area contributed by atoms with Gasteiger partial charge in [0.1, 0.15) is 23.9 Å². The summed E-state index contributed by atoms with van der Waals surface area (Å²) in [6, 6.07) is 0.128. The Hall–Kier alpha value is -1.57. The number of fused-ring (bicyclic) bond motifs is 3. The summed E-state index contributed by atoms with van der Waals surface area (Å²) in [6.07, 6.45) is 4.66. The second-order valence-corrected chi connectivity index (χ2v) is 21.4. The second kappa shape index (κ2) is 21.8. The Bertz CT molecular complexity index is 1550. The third kappa shape index (κ3) is 13.4. The average molecular weight is 912 g/mol. The molecule has 0 aromatic rings. The van der Waals surface area contributed by atoms with Crippen LogP contribution in [0.25, 0.3) is 0 Å². The first-order valence-electron chi connectivity index (χ1n) is 24.3. The van der Waals surface area contributed by atoms with Crippen molar-refractivity contribution in [3.8, 4) is 0 Å². The SMILES string of the molecule is CC[C@@H](O)C[C@H]1CCC[C@@]2(C[C@@H]3OC(=O)C=C[C@@](C)(O)[C@@H](O)[C@H](C)[C@@H](O)[C@H](O[C@H]4CC[C@H](N(C)C)[C@H](C)O4)[C@@H](O)[C@](C)(O)CCCCCC=C[C@@H]4CC(C)(C)O[C@@]4(O)C[C@H](O2)[C@H]3C)O1. The number of nitrogens with zero attached hydrogens (tertiary/aromatic N) is 1. The van der Waals surface area contributed by atoms with Gasteiger partial charge in [-0.25, -0.2) is 4.79 Å². The molecule has 5 heterocycles. The molecule has 1 spiro atoms. The van der Waals surface area contributed by atoms with E-state index in [-0.39, 0.29) is 43.4 Å². The molecule has 0 saturated carbocycles. The van der Waals surface area contributed by atoms with Crippen molar-refractivity contribution in [3.05, 3.63) is 24.3 Å². The van der Waals surface area contributed by atoms with E-state index in [9.17, 15) is 40.5 Å². The molecular weight excluding hydrogens is 827 g/mol. The van der Waals surface area contributed by atoms with Gasteiger partial charge in [0.25, 0.3) is 0 Å². The fraction of sp³-hybridized carbons (Fsp3) is 0.898. The van der Waals surface area contributed by atoms with Crippen LogP contribution in [0.3, 0.4) is 0 Å². The number of hydrogen-bond donors (Lipinski definition) is 7. The normalized spacial score (nSPS) is 46.3.